The van der Waals surface area contributed by atoms with Gasteiger partial charge < -0.3 is 5.11 Å². The van der Waals surface area contributed by atoms with Gasteiger partial charge in [-0.05, 0) is 56.6 Å². The lowest BCUT2D eigenvalue weighted by Gasteiger charge is -2.24. The van der Waals surface area contributed by atoms with Crippen LogP contribution in [0, 0.1) is 0 Å². The van der Waals surface area contributed by atoms with Crippen molar-refractivity contribution in [2.45, 2.75) is 25.8 Å². The molecular weight excluding hydrogens is 224 g/mol. The lowest BCUT2D eigenvalue weighted by atomic mass is 10.0. The van der Waals surface area contributed by atoms with E-state index in [0.717, 1.165) is 18.5 Å². The smallest absolute Gasteiger partial charge is 0.142 e. The molecule has 94 valence electrons. The van der Waals surface area contributed by atoms with Crippen LogP contribution >= 0.6 is 0 Å². The molecule has 3 nitrogen and oxygen atoms in total. The SMILES string of the molecule is CC(c1cc(O)c2ncccc2c1)N1CCCC1. The summed E-state index contributed by atoms with van der Waals surface area (Å²) < 4.78 is 0. The fourth-order valence-corrected chi connectivity index (χ4v) is 2.78. The maximum atomic E-state index is 10.1. The predicted molar refractivity (Wildman–Crippen MR) is 72.6 cm³/mol. The Morgan fingerprint density at radius 1 is 1.28 bits per heavy atom. The van der Waals surface area contributed by atoms with Crippen molar-refractivity contribution in [3.63, 3.8) is 0 Å². The highest BCUT2D eigenvalue weighted by atomic mass is 16.3. The van der Waals surface area contributed by atoms with Crippen LogP contribution in [0.3, 0.4) is 0 Å². The maximum Gasteiger partial charge on any atom is 0.142 e. The molecule has 3 rings (SSSR count). The van der Waals surface area contributed by atoms with Crippen LogP contribution < -0.4 is 0 Å². The van der Waals surface area contributed by atoms with Crippen LogP contribution in [0.4, 0.5) is 0 Å². The molecule has 0 radical (unpaired) electrons. The Morgan fingerprint density at radius 3 is 2.83 bits per heavy atom. The van der Waals surface area contributed by atoms with E-state index in [4.69, 9.17) is 0 Å². The van der Waals surface area contributed by atoms with Crippen molar-refractivity contribution >= 4 is 10.9 Å². The minimum Gasteiger partial charge on any atom is -0.506 e. The zero-order valence-corrected chi connectivity index (χ0v) is 10.6. The van der Waals surface area contributed by atoms with Crippen LogP contribution in [-0.2, 0) is 0 Å². The molecule has 1 aliphatic heterocycles. The lowest BCUT2D eigenvalue weighted by Crippen LogP contribution is -2.23. The molecule has 0 saturated carbocycles. The second-order valence-corrected chi connectivity index (χ2v) is 5.03. The average molecular weight is 242 g/mol. The first-order chi connectivity index (χ1) is 8.75. The molecular formula is C15H18N2O. The number of aromatic nitrogens is 1. The van der Waals surface area contributed by atoms with Crippen molar-refractivity contribution in [2.24, 2.45) is 0 Å². The summed E-state index contributed by atoms with van der Waals surface area (Å²) in [6, 6.07) is 8.28. The Bertz CT molecular complexity index is 561. The van der Waals surface area contributed by atoms with Gasteiger partial charge in [0.1, 0.15) is 11.3 Å². The molecule has 0 aliphatic carbocycles. The van der Waals surface area contributed by atoms with E-state index in [1.54, 1.807) is 6.20 Å². The average Bonchev–Trinajstić information content (AvgIpc) is 2.91. The Labute approximate surface area is 107 Å². The quantitative estimate of drug-likeness (QED) is 0.879. The minimum absolute atomic E-state index is 0.286. The normalized spacial score (nSPS) is 18.3. The van der Waals surface area contributed by atoms with E-state index >= 15 is 0 Å². The summed E-state index contributed by atoms with van der Waals surface area (Å²) >= 11 is 0. The van der Waals surface area contributed by atoms with E-state index in [1.165, 1.54) is 18.4 Å². The minimum atomic E-state index is 0.286. The molecule has 1 saturated heterocycles. The van der Waals surface area contributed by atoms with Gasteiger partial charge in [-0.3, -0.25) is 9.88 Å². The van der Waals surface area contributed by atoms with Gasteiger partial charge in [0.15, 0.2) is 0 Å². The van der Waals surface area contributed by atoms with Crippen molar-refractivity contribution in [1.29, 1.82) is 0 Å². The molecule has 0 bridgehead atoms. The second kappa shape index (κ2) is 4.58. The molecule has 18 heavy (non-hydrogen) atoms. The van der Waals surface area contributed by atoms with Gasteiger partial charge in [-0.15, -0.1) is 0 Å². The van der Waals surface area contributed by atoms with E-state index in [9.17, 15) is 5.11 Å². The maximum absolute atomic E-state index is 10.1. The summed E-state index contributed by atoms with van der Waals surface area (Å²) in [5.74, 6) is 0.286. The van der Waals surface area contributed by atoms with Gasteiger partial charge >= 0.3 is 0 Å². The van der Waals surface area contributed by atoms with Crippen LogP contribution in [0.5, 0.6) is 5.75 Å². The Kier molecular flexibility index (Phi) is 2.92. The number of aromatic hydroxyl groups is 1. The standard InChI is InChI=1S/C15H18N2O/c1-11(17-7-2-3-8-17)13-9-12-5-4-6-16-15(12)14(18)10-13/h4-6,9-11,18H,2-3,7-8H2,1H3. The molecule has 1 aromatic heterocycles. The highest BCUT2D eigenvalue weighted by molar-refractivity contribution is 5.84. The molecule has 3 heteroatoms. The molecule has 1 N–H and O–H groups in total. The zero-order chi connectivity index (χ0) is 12.5. The number of rotatable bonds is 2. The van der Waals surface area contributed by atoms with Crippen LogP contribution in [0.1, 0.15) is 31.4 Å². The summed E-state index contributed by atoms with van der Waals surface area (Å²) in [5, 5.41) is 11.1. The number of likely N-dealkylation sites (tertiary alicyclic amines) is 1. The number of pyridine rings is 1. The number of hydrogen-bond acceptors (Lipinski definition) is 3. The number of benzene rings is 1. The summed E-state index contributed by atoms with van der Waals surface area (Å²) in [6.45, 7) is 4.53. The molecule has 1 aliphatic rings. The van der Waals surface area contributed by atoms with Crippen LogP contribution in [0.15, 0.2) is 30.5 Å². The van der Waals surface area contributed by atoms with E-state index < -0.39 is 0 Å². The van der Waals surface area contributed by atoms with Gasteiger partial charge in [-0.25, -0.2) is 0 Å². The van der Waals surface area contributed by atoms with E-state index in [0.29, 0.717) is 11.6 Å². The van der Waals surface area contributed by atoms with Crippen molar-refractivity contribution < 1.29 is 5.11 Å². The molecule has 0 amide bonds. The molecule has 1 aromatic carbocycles. The van der Waals surface area contributed by atoms with Gasteiger partial charge in [0, 0.05) is 17.6 Å². The largest absolute Gasteiger partial charge is 0.506 e. The van der Waals surface area contributed by atoms with Crippen molar-refractivity contribution in [3.05, 3.63) is 36.0 Å². The number of phenols is 1. The molecule has 2 aromatic rings. The summed E-state index contributed by atoms with van der Waals surface area (Å²) in [5.41, 5.74) is 1.87. The first-order valence-corrected chi connectivity index (χ1v) is 6.57. The third kappa shape index (κ3) is 1.95. The molecule has 1 unspecified atom stereocenters. The highest BCUT2D eigenvalue weighted by Crippen LogP contribution is 2.31. The number of phenolic OH excluding ortho intramolecular Hbond substituents is 1. The van der Waals surface area contributed by atoms with Crippen molar-refractivity contribution in [1.82, 2.24) is 9.88 Å². The monoisotopic (exact) mass is 242 g/mol. The van der Waals surface area contributed by atoms with Crippen LogP contribution in [-0.4, -0.2) is 28.1 Å². The van der Waals surface area contributed by atoms with Gasteiger partial charge in [-0.2, -0.15) is 0 Å². The first-order valence-electron chi connectivity index (χ1n) is 6.57. The third-order valence-electron chi connectivity index (χ3n) is 3.88. The number of fused-ring (bicyclic) bond motifs is 1. The summed E-state index contributed by atoms with van der Waals surface area (Å²) in [4.78, 5) is 6.68. The molecule has 0 spiro atoms. The third-order valence-corrected chi connectivity index (χ3v) is 3.88. The molecule has 1 atom stereocenters. The Morgan fingerprint density at radius 2 is 2.06 bits per heavy atom. The summed E-state index contributed by atoms with van der Waals surface area (Å²) in [7, 11) is 0. The number of nitrogens with zero attached hydrogens (tertiary/aromatic N) is 2. The van der Waals surface area contributed by atoms with Crippen LogP contribution in [0.25, 0.3) is 10.9 Å². The predicted octanol–water partition coefficient (Wildman–Crippen LogP) is 3.10. The second-order valence-electron chi connectivity index (χ2n) is 5.03. The van der Waals surface area contributed by atoms with E-state index in [-0.39, 0.29) is 5.75 Å². The molecule has 2 heterocycles. The summed E-state index contributed by atoms with van der Waals surface area (Å²) in [6.07, 6.45) is 4.28. The first kappa shape index (κ1) is 11.5. The van der Waals surface area contributed by atoms with Gasteiger partial charge in [0.2, 0.25) is 0 Å². The van der Waals surface area contributed by atoms with Crippen LogP contribution in [0.2, 0.25) is 0 Å². The highest BCUT2D eigenvalue weighted by Gasteiger charge is 2.20. The van der Waals surface area contributed by atoms with E-state index in [1.807, 2.05) is 18.2 Å². The van der Waals surface area contributed by atoms with Gasteiger partial charge in [0.25, 0.3) is 0 Å². The van der Waals surface area contributed by atoms with Gasteiger partial charge in [0.05, 0.1) is 0 Å². The topological polar surface area (TPSA) is 36.4 Å². The zero-order valence-electron chi connectivity index (χ0n) is 10.6. The molecule has 1 fully saturated rings. The fraction of sp³-hybridized carbons (Fsp3) is 0.400. The Hall–Kier alpha value is -1.61. The fourth-order valence-electron chi connectivity index (χ4n) is 2.78. The van der Waals surface area contributed by atoms with Crippen molar-refractivity contribution in [3.8, 4) is 5.75 Å². The Balaban J connectivity index is 2.01. The van der Waals surface area contributed by atoms with E-state index in [2.05, 4.69) is 22.9 Å². The van der Waals surface area contributed by atoms with Crippen molar-refractivity contribution in [2.75, 3.05) is 13.1 Å². The lowest BCUT2D eigenvalue weighted by molar-refractivity contribution is 0.263. The van der Waals surface area contributed by atoms with Gasteiger partial charge in [-0.1, -0.05) is 6.07 Å². The number of hydrogen-bond donors (Lipinski definition) is 1.